The number of carbonyl (C=O) groups excluding carboxylic acids is 1. The fraction of sp³-hybridized carbons (Fsp3) is 0.300. The molecule has 1 fully saturated rings. The molecular formula is C20H20F3N5O5S. The van der Waals surface area contributed by atoms with Gasteiger partial charge in [0.05, 0.1) is 12.2 Å². The van der Waals surface area contributed by atoms with Crippen LogP contribution in [0.4, 0.5) is 24.7 Å². The third kappa shape index (κ3) is 7.24. The van der Waals surface area contributed by atoms with E-state index in [-0.39, 0.29) is 29.8 Å². The maximum atomic E-state index is 12.3. The monoisotopic (exact) mass is 499 g/mol. The molecule has 34 heavy (non-hydrogen) atoms. The van der Waals surface area contributed by atoms with E-state index >= 15 is 0 Å². The molecule has 1 amide bonds. The number of amides is 1. The number of aliphatic hydroxyl groups is 2. The zero-order valence-corrected chi connectivity index (χ0v) is 18.4. The first-order chi connectivity index (χ1) is 16.0. The quantitative estimate of drug-likeness (QED) is 0.281. The smallest absolute Gasteiger partial charge is 0.416 e. The van der Waals surface area contributed by atoms with Crippen molar-refractivity contribution in [1.29, 1.82) is 5.26 Å². The van der Waals surface area contributed by atoms with E-state index in [9.17, 15) is 22.8 Å². The lowest BCUT2D eigenvalue weighted by Crippen LogP contribution is -2.28. The van der Waals surface area contributed by atoms with Crippen molar-refractivity contribution < 1.29 is 32.9 Å². The number of nitriles is 1. The highest BCUT2D eigenvalue weighted by Gasteiger charge is 2.30. The number of nitrogens with one attached hydrogen (secondary N) is 1. The summed E-state index contributed by atoms with van der Waals surface area (Å²) in [6.07, 6.45) is -3.27. The zero-order chi connectivity index (χ0) is 25.5. The second-order valence-corrected chi connectivity index (χ2v) is 7.87. The van der Waals surface area contributed by atoms with Gasteiger partial charge in [0, 0.05) is 17.6 Å². The van der Waals surface area contributed by atoms with Gasteiger partial charge in [-0.15, -0.1) is 11.8 Å². The van der Waals surface area contributed by atoms with E-state index in [4.69, 9.17) is 25.9 Å². The molecule has 0 spiro atoms. The first kappa shape index (κ1) is 26.7. The fourth-order valence-electron chi connectivity index (χ4n) is 2.56. The van der Waals surface area contributed by atoms with Crippen LogP contribution in [0.15, 0.2) is 52.7 Å². The summed E-state index contributed by atoms with van der Waals surface area (Å²) in [6, 6.07) is 6.76. The highest BCUT2D eigenvalue weighted by Crippen LogP contribution is 2.31. The molecule has 0 radical (unpaired) electrons. The molecule has 182 valence electrons. The summed E-state index contributed by atoms with van der Waals surface area (Å²) in [5.74, 6) is -0.536. The number of hydrogen-bond acceptors (Lipinski definition) is 9. The number of nitrogens with zero attached hydrogens (tertiary/aromatic N) is 3. The number of anilines is 2. The SMILES string of the molecule is C/C(O)=C(\C#N)C(=O)Nc1ccc(C(F)(F)F)cc1.Nc1ccn([C@@H]2CS[C@H](CO)O2)c(=O)n1. The molecule has 5 N–H and O–H groups in total. The van der Waals surface area contributed by atoms with Gasteiger partial charge in [0.15, 0.2) is 5.57 Å². The molecule has 1 aromatic heterocycles. The minimum Gasteiger partial charge on any atom is -0.511 e. The lowest BCUT2D eigenvalue weighted by Gasteiger charge is -2.13. The third-order valence-corrected chi connectivity index (χ3v) is 5.32. The van der Waals surface area contributed by atoms with Crippen molar-refractivity contribution >= 4 is 29.2 Å². The van der Waals surface area contributed by atoms with Gasteiger partial charge < -0.3 is 26.0 Å². The number of hydrogen-bond donors (Lipinski definition) is 4. The standard InChI is InChI=1S/C12H9F3N2O2.C8H11N3O3S/c1-7(18)10(6-16)11(19)17-9-4-2-8(3-5-9)12(13,14)15;9-5-1-2-11(8(13)10-5)6-4-15-7(3-12)14-6/h2-5,18H,1H3,(H,17,19);1-2,6-7,12H,3-4H2,(H2,9,10,13)/b10-7-;/t;6-,7+/m.0/s1. The van der Waals surface area contributed by atoms with E-state index in [0.29, 0.717) is 5.75 Å². The van der Waals surface area contributed by atoms with Crippen LogP contribution in [0, 0.1) is 11.3 Å². The Kier molecular flexibility index (Phi) is 9.07. The number of benzene rings is 1. The van der Waals surface area contributed by atoms with Gasteiger partial charge >= 0.3 is 11.9 Å². The summed E-state index contributed by atoms with van der Waals surface area (Å²) in [7, 11) is 0. The molecule has 2 heterocycles. The Morgan fingerprint density at radius 2 is 2.03 bits per heavy atom. The first-order valence-electron chi connectivity index (χ1n) is 9.47. The third-order valence-electron chi connectivity index (χ3n) is 4.22. The topological polar surface area (TPSA) is 163 Å². The molecule has 1 saturated heterocycles. The Bertz CT molecular complexity index is 1140. The van der Waals surface area contributed by atoms with Crippen LogP contribution in [-0.4, -0.2) is 43.5 Å². The summed E-state index contributed by atoms with van der Waals surface area (Å²) in [6.45, 7) is 1.10. The van der Waals surface area contributed by atoms with E-state index in [1.807, 2.05) is 0 Å². The molecule has 1 aliphatic heterocycles. The van der Waals surface area contributed by atoms with Gasteiger partial charge in [-0.05, 0) is 37.3 Å². The van der Waals surface area contributed by atoms with Crippen LogP contribution >= 0.6 is 11.8 Å². The molecule has 3 rings (SSSR count). The summed E-state index contributed by atoms with van der Waals surface area (Å²) >= 11 is 1.47. The molecule has 1 aliphatic rings. The second kappa shape index (κ2) is 11.5. The normalized spacial score (nSPS) is 18.2. The van der Waals surface area contributed by atoms with Gasteiger partial charge in [-0.2, -0.15) is 23.4 Å². The first-order valence-corrected chi connectivity index (χ1v) is 10.5. The number of ether oxygens (including phenoxy) is 1. The number of nitrogens with two attached hydrogens (primary N) is 1. The van der Waals surface area contributed by atoms with Crippen LogP contribution in [0.2, 0.25) is 0 Å². The zero-order valence-electron chi connectivity index (χ0n) is 17.6. The van der Waals surface area contributed by atoms with E-state index < -0.39 is 34.7 Å². The molecule has 0 bridgehead atoms. The fourth-order valence-corrected chi connectivity index (χ4v) is 3.49. The number of thioether (sulfide) groups is 1. The highest BCUT2D eigenvalue weighted by atomic mass is 32.2. The minimum atomic E-state index is -4.46. The number of alkyl halides is 3. The number of allylic oxidation sites excluding steroid dienone is 1. The average Bonchev–Trinajstić information content (AvgIpc) is 3.23. The van der Waals surface area contributed by atoms with Crippen LogP contribution in [0.5, 0.6) is 0 Å². The number of halogens is 3. The van der Waals surface area contributed by atoms with Crippen molar-refractivity contribution in [3.8, 4) is 6.07 Å². The van der Waals surface area contributed by atoms with E-state index in [1.54, 1.807) is 12.3 Å². The number of nitrogen functional groups attached to an aromatic ring is 1. The van der Waals surface area contributed by atoms with Gasteiger partial charge in [0.2, 0.25) is 0 Å². The molecular weight excluding hydrogens is 479 g/mol. The Labute approximate surface area is 195 Å². The van der Waals surface area contributed by atoms with Gasteiger partial charge in [-0.25, -0.2) is 4.79 Å². The largest absolute Gasteiger partial charge is 0.511 e. The van der Waals surface area contributed by atoms with Crippen molar-refractivity contribution in [2.24, 2.45) is 0 Å². The Hall–Kier alpha value is -3.54. The molecule has 0 saturated carbocycles. The maximum absolute atomic E-state index is 12.3. The summed E-state index contributed by atoms with van der Waals surface area (Å²) < 4.78 is 43.7. The molecule has 0 unspecified atom stereocenters. The average molecular weight is 499 g/mol. The number of carbonyl (C=O) groups is 1. The van der Waals surface area contributed by atoms with E-state index in [1.165, 1.54) is 22.4 Å². The lowest BCUT2D eigenvalue weighted by molar-refractivity contribution is -0.137. The number of rotatable bonds is 4. The maximum Gasteiger partial charge on any atom is 0.416 e. The molecule has 1 aromatic carbocycles. The lowest BCUT2D eigenvalue weighted by atomic mass is 10.2. The second-order valence-electron chi connectivity index (χ2n) is 6.68. The molecule has 0 aliphatic carbocycles. The van der Waals surface area contributed by atoms with Crippen molar-refractivity contribution in [1.82, 2.24) is 9.55 Å². The summed E-state index contributed by atoms with van der Waals surface area (Å²) in [4.78, 5) is 26.5. The molecule has 2 atom stereocenters. The minimum absolute atomic E-state index is 0.0572. The van der Waals surface area contributed by atoms with Crippen molar-refractivity contribution in [3.63, 3.8) is 0 Å². The van der Waals surface area contributed by atoms with Gasteiger partial charge in [0.1, 0.15) is 29.3 Å². The van der Waals surface area contributed by atoms with Crippen LogP contribution in [0.25, 0.3) is 0 Å². The summed E-state index contributed by atoms with van der Waals surface area (Å²) in [5.41, 5.74) is 3.42. The Morgan fingerprint density at radius 3 is 2.50 bits per heavy atom. The Balaban J connectivity index is 0.000000246. The van der Waals surface area contributed by atoms with Gasteiger partial charge in [-0.3, -0.25) is 9.36 Å². The predicted octanol–water partition coefficient (Wildman–Crippen LogP) is 2.41. The summed E-state index contributed by atoms with van der Waals surface area (Å²) in [5, 5.41) is 28.8. The molecule has 2 aromatic rings. The van der Waals surface area contributed by atoms with E-state index in [0.717, 1.165) is 31.2 Å². The molecule has 10 nitrogen and oxygen atoms in total. The van der Waals surface area contributed by atoms with Crippen molar-refractivity contribution in [3.05, 3.63) is 63.9 Å². The Morgan fingerprint density at radius 1 is 1.38 bits per heavy atom. The van der Waals surface area contributed by atoms with Crippen molar-refractivity contribution in [2.75, 3.05) is 23.4 Å². The van der Waals surface area contributed by atoms with E-state index in [2.05, 4.69) is 10.3 Å². The van der Waals surface area contributed by atoms with Gasteiger partial charge in [-0.1, -0.05) is 0 Å². The highest BCUT2D eigenvalue weighted by molar-refractivity contribution is 8.00. The van der Waals surface area contributed by atoms with Gasteiger partial charge in [0.25, 0.3) is 5.91 Å². The van der Waals surface area contributed by atoms with Crippen LogP contribution in [0.1, 0.15) is 18.7 Å². The van der Waals surface area contributed by atoms with Crippen LogP contribution in [0.3, 0.4) is 0 Å². The molecule has 14 heteroatoms. The number of aliphatic hydroxyl groups excluding tert-OH is 2. The van der Waals surface area contributed by atoms with Crippen LogP contribution in [-0.2, 0) is 15.7 Å². The predicted molar refractivity (Wildman–Crippen MR) is 117 cm³/mol. The number of aromatic nitrogens is 2. The van der Waals surface area contributed by atoms with Crippen LogP contribution < -0.4 is 16.7 Å². The van der Waals surface area contributed by atoms with Crippen molar-refractivity contribution in [2.45, 2.75) is 24.8 Å².